The third-order valence-corrected chi connectivity index (χ3v) is 10.5. The van der Waals surface area contributed by atoms with Crippen molar-refractivity contribution in [2.75, 3.05) is 0 Å². The second-order valence-corrected chi connectivity index (χ2v) is 13.4. The van der Waals surface area contributed by atoms with Crippen molar-refractivity contribution >= 4 is 65.0 Å². The number of rotatable bonds is 4. The molecule has 1 heterocycles. The minimum Gasteiger partial charge on any atom is -0.456 e. The fourth-order valence-corrected chi connectivity index (χ4v) is 8.06. The van der Waals surface area contributed by atoms with Gasteiger partial charge in [0.2, 0.25) is 0 Å². The van der Waals surface area contributed by atoms with Crippen LogP contribution in [0.3, 0.4) is 0 Å². The molecule has 0 aliphatic carbocycles. The van der Waals surface area contributed by atoms with E-state index in [9.17, 15) is 5.48 Å². The Morgan fingerprint density at radius 3 is 1.60 bits per heavy atom. The van der Waals surface area contributed by atoms with E-state index < -0.39 is 24.2 Å². The lowest BCUT2D eigenvalue weighted by atomic mass is 9.83. The van der Waals surface area contributed by atoms with Crippen molar-refractivity contribution in [3.8, 4) is 44.5 Å². The van der Waals surface area contributed by atoms with Crippen LogP contribution in [0.25, 0.3) is 110 Å². The van der Waals surface area contributed by atoms with Crippen molar-refractivity contribution in [2.45, 2.75) is 0 Å². The van der Waals surface area contributed by atoms with E-state index >= 15 is 0 Å². The van der Waals surface area contributed by atoms with Gasteiger partial charge in [-0.1, -0.05) is 164 Å². The van der Waals surface area contributed by atoms with Gasteiger partial charge in [-0.05, 0) is 118 Å². The van der Waals surface area contributed by atoms with Crippen LogP contribution in [0.15, 0.2) is 198 Å². The molecule has 0 aliphatic rings. The van der Waals surface area contributed by atoms with E-state index in [1.54, 1.807) is 0 Å². The first-order valence-electron chi connectivity index (χ1n) is 21.6. The zero-order valence-corrected chi connectivity index (χ0v) is 28.3. The van der Waals surface area contributed by atoms with Crippen LogP contribution in [0.2, 0.25) is 0 Å². The number of hydrogen-bond acceptors (Lipinski definition) is 1. The zero-order valence-electron chi connectivity index (χ0n) is 36.3. The van der Waals surface area contributed by atoms with Crippen molar-refractivity contribution in [1.29, 1.82) is 0 Å². The van der Waals surface area contributed by atoms with Crippen LogP contribution >= 0.6 is 0 Å². The van der Waals surface area contributed by atoms with E-state index in [4.69, 9.17) is 9.90 Å². The molecule has 53 heavy (non-hydrogen) atoms. The third kappa shape index (κ3) is 4.71. The van der Waals surface area contributed by atoms with Crippen LogP contribution < -0.4 is 0 Å². The normalized spacial score (nSPS) is 13.9. The summed E-state index contributed by atoms with van der Waals surface area (Å²) in [5.74, 6) is 0. The second-order valence-electron chi connectivity index (χ2n) is 13.4. The molecule has 0 radical (unpaired) electrons. The summed E-state index contributed by atoms with van der Waals surface area (Å²) in [5.41, 5.74) is 6.69. The van der Waals surface area contributed by atoms with Gasteiger partial charge in [0.1, 0.15) is 11.2 Å². The quantitative estimate of drug-likeness (QED) is 0.169. The van der Waals surface area contributed by atoms with Gasteiger partial charge in [0.15, 0.2) is 0 Å². The maximum atomic E-state index is 9.65. The lowest BCUT2D eigenvalue weighted by Gasteiger charge is -2.20. The molecule has 10 aromatic carbocycles. The van der Waals surface area contributed by atoms with Crippen molar-refractivity contribution in [3.63, 3.8) is 0 Å². The molecular weight excluding hydrogens is 641 g/mol. The van der Waals surface area contributed by atoms with E-state index in [1.807, 2.05) is 103 Å². The molecule has 0 fully saturated rings. The first-order valence-corrected chi connectivity index (χ1v) is 17.6. The molecule has 1 heteroatoms. The van der Waals surface area contributed by atoms with E-state index in [2.05, 4.69) is 42.5 Å². The monoisotopic (exact) mass is 680 g/mol. The van der Waals surface area contributed by atoms with Crippen molar-refractivity contribution < 1.29 is 15.4 Å². The van der Waals surface area contributed by atoms with Crippen LogP contribution in [0.5, 0.6) is 0 Å². The number of benzene rings is 10. The summed E-state index contributed by atoms with van der Waals surface area (Å²) in [7, 11) is 0. The first-order chi connectivity index (χ1) is 29.6. The van der Waals surface area contributed by atoms with E-state index in [0.29, 0.717) is 33.2 Å². The summed E-state index contributed by atoms with van der Waals surface area (Å²) in [5, 5.41) is 5.78. The molecule has 0 saturated heterocycles. The van der Waals surface area contributed by atoms with Gasteiger partial charge in [0.05, 0.1) is 11.0 Å². The van der Waals surface area contributed by atoms with Crippen LogP contribution in [0, 0.1) is 0 Å². The van der Waals surface area contributed by atoms with Crippen molar-refractivity contribution in [1.82, 2.24) is 0 Å². The van der Waals surface area contributed by atoms with Gasteiger partial charge in [-0.2, -0.15) is 0 Å². The van der Waals surface area contributed by atoms with E-state index in [0.717, 1.165) is 49.2 Å². The molecule has 1 nitrogen and oxygen atoms in total. The van der Waals surface area contributed by atoms with Gasteiger partial charge in [-0.15, -0.1) is 0 Å². The van der Waals surface area contributed by atoms with Gasteiger partial charge in [-0.3, -0.25) is 0 Å². The number of hydrogen-bond donors (Lipinski definition) is 0. The Balaban J connectivity index is 1.32. The largest absolute Gasteiger partial charge is 0.456 e. The molecule has 0 atom stereocenters. The zero-order chi connectivity index (χ0) is 41.8. The molecule has 0 amide bonds. The maximum Gasteiger partial charge on any atom is 0.136 e. The Labute approximate surface area is 318 Å². The minimum absolute atomic E-state index is 0.155. The predicted molar refractivity (Wildman–Crippen MR) is 225 cm³/mol. The van der Waals surface area contributed by atoms with Gasteiger partial charge in [0.25, 0.3) is 0 Å². The molecule has 11 rings (SSSR count). The molecule has 11 aromatic rings. The fourth-order valence-electron chi connectivity index (χ4n) is 8.06. The Morgan fingerprint density at radius 2 is 0.906 bits per heavy atom. The topological polar surface area (TPSA) is 13.1 Å². The number of fused-ring (bicyclic) bond motifs is 7. The Hall–Kier alpha value is -6.96. The van der Waals surface area contributed by atoms with Crippen molar-refractivity contribution in [2.24, 2.45) is 0 Å². The van der Waals surface area contributed by atoms with E-state index in [1.165, 1.54) is 0 Å². The third-order valence-electron chi connectivity index (χ3n) is 10.5. The van der Waals surface area contributed by atoms with Gasteiger partial charge >= 0.3 is 0 Å². The van der Waals surface area contributed by atoms with Crippen LogP contribution in [0.4, 0.5) is 0 Å². The lowest BCUT2D eigenvalue weighted by molar-refractivity contribution is 0.669. The van der Waals surface area contributed by atoms with Gasteiger partial charge < -0.3 is 4.42 Å². The SMILES string of the molecule is [2H]c1c([2H])c([2H])c2c(-c3cc(-c4ccc5cc(-c6ccccc6)ccc5c4)cc4oc5ccccc5c34)c3c([2H])c([2H])c([2H])c([2H])c3c(-c3cccc4ccccc34)c2c1[2H]. The highest BCUT2D eigenvalue weighted by Crippen LogP contribution is 2.49. The molecule has 1 aromatic heterocycles. The lowest BCUT2D eigenvalue weighted by Crippen LogP contribution is -1.92. The number of furan rings is 1. The molecule has 246 valence electrons. The predicted octanol–water partition coefficient (Wildman–Crippen LogP) is 14.9. The smallest absolute Gasteiger partial charge is 0.136 e. The Morgan fingerprint density at radius 1 is 0.340 bits per heavy atom. The first kappa shape index (κ1) is 22.8. The molecular formula is C52H32O. The van der Waals surface area contributed by atoms with Gasteiger partial charge in [-0.25, -0.2) is 0 Å². The highest BCUT2D eigenvalue weighted by molar-refractivity contribution is 6.27. The maximum absolute atomic E-state index is 9.65. The highest BCUT2D eigenvalue weighted by Gasteiger charge is 2.22. The summed E-state index contributed by atoms with van der Waals surface area (Å²) in [6.45, 7) is 0. The Kier molecular flexibility index (Phi) is 5.07. The molecule has 0 saturated carbocycles. The van der Waals surface area contributed by atoms with Gasteiger partial charge in [0, 0.05) is 10.8 Å². The second kappa shape index (κ2) is 11.8. The molecule has 0 unspecified atom stereocenters. The molecule has 0 spiro atoms. The summed E-state index contributed by atoms with van der Waals surface area (Å²) in [6, 6.07) is 44.7. The number of para-hydroxylation sites is 1. The molecule has 0 aliphatic heterocycles. The minimum atomic E-state index is -0.448. The standard InChI is InChI=1S/C52H32O/c1-2-13-33(14-3-1)35-25-26-37-30-38(28-27-36(37)29-35)39-31-47(52-46-22-10-11-24-48(46)53-49(52)32-39)51-44-20-8-6-18-42(44)50(43-19-7-9-21-45(43)51)41-23-12-16-34-15-4-5-17-40(34)41/h1-32H/i6D,7D,8D,9D,18D,19D,20D,21D. The average Bonchev–Trinajstić information content (AvgIpc) is 3.68. The average molecular weight is 681 g/mol. The van der Waals surface area contributed by atoms with Crippen molar-refractivity contribution in [3.05, 3.63) is 194 Å². The summed E-state index contributed by atoms with van der Waals surface area (Å²) >= 11 is 0. The van der Waals surface area contributed by atoms with Crippen LogP contribution in [-0.2, 0) is 0 Å². The summed E-state index contributed by atoms with van der Waals surface area (Å²) in [4.78, 5) is 0. The highest BCUT2D eigenvalue weighted by atomic mass is 16.3. The van der Waals surface area contributed by atoms with Crippen LogP contribution in [0.1, 0.15) is 11.0 Å². The molecule has 0 N–H and O–H groups in total. The summed E-state index contributed by atoms with van der Waals surface area (Å²) < 4.78 is 81.0. The fraction of sp³-hybridized carbons (Fsp3) is 0. The summed E-state index contributed by atoms with van der Waals surface area (Å²) in [6.07, 6.45) is 0. The molecule has 0 bridgehead atoms. The Bertz CT molecular complexity index is 3600. The van der Waals surface area contributed by atoms with Crippen LogP contribution in [-0.4, -0.2) is 0 Å². The van der Waals surface area contributed by atoms with E-state index in [-0.39, 0.29) is 51.3 Å².